The molecule has 2 saturated heterocycles. The van der Waals surface area contributed by atoms with Crippen molar-refractivity contribution < 1.29 is 19.4 Å². The topological polar surface area (TPSA) is 78.9 Å². The number of carbonyl (C=O) groups is 2. The van der Waals surface area contributed by atoms with Gasteiger partial charge in [0.2, 0.25) is 5.91 Å². The molecule has 2 aliphatic heterocycles. The Labute approximate surface area is 113 Å². The quantitative estimate of drug-likeness (QED) is 0.739. The largest absolute Gasteiger partial charge is 0.481 e. The smallest absolute Gasteiger partial charge is 0.303 e. The molecule has 0 aromatic rings. The summed E-state index contributed by atoms with van der Waals surface area (Å²) in [6, 6.07) is 0. The number of nitrogens with zero attached hydrogens (tertiary/aromatic N) is 1. The van der Waals surface area contributed by atoms with Gasteiger partial charge in [0.15, 0.2) is 0 Å². The molecule has 1 atom stereocenters. The van der Waals surface area contributed by atoms with E-state index in [1.54, 1.807) is 4.90 Å². The summed E-state index contributed by atoms with van der Waals surface area (Å²) in [7, 11) is 0. The van der Waals surface area contributed by atoms with Crippen LogP contribution in [0, 0.1) is 5.92 Å². The summed E-state index contributed by atoms with van der Waals surface area (Å²) in [4.78, 5) is 24.5. The highest BCUT2D eigenvalue weighted by atomic mass is 16.5. The third kappa shape index (κ3) is 3.91. The second-order valence-corrected chi connectivity index (χ2v) is 5.79. The van der Waals surface area contributed by atoms with Crippen molar-refractivity contribution in [3.05, 3.63) is 0 Å². The van der Waals surface area contributed by atoms with Crippen LogP contribution in [0.3, 0.4) is 0 Å². The number of carboxylic acids is 1. The van der Waals surface area contributed by atoms with Crippen LogP contribution in [0.2, 0.25) is 0 Å². The van der Waals surface area contributed by atoms with Gasteiger partial charge in [0.25, 0.3) is 0 Å². The van der Waals surface area contributed by atoms with E-state index in [1.807, 2.05) is 6.92 Å². The van der Waals surface area contributed by atoms with Crippen LogP contribution in [0.25, 0.3) is 0 Å². The molecular formula is C13H22N2O4. The van der Waals surface area contributed by atoms with Crippen molar-refractivity contribution in [2.75, 3.05) is 32.8 Å². The number of rotatable bonds is 5. The Morgan fingerprint density at radius 3 is 2.79 bits per heavy atom. The molecule has 2 rings (SSSR count). The molecule has 0 aromatic heterocycles. The third-order valence-corrected chi connectivity index (χ3v) is 3.88. The first kappa shape index (κ1) is 14.3. The minimum Gasteiger partial charge on any atom is -0.481 e. The van der Waals surface area contributed by atoms with E-state index in [9.17, 15) is 9.59 Å². The number of carbonyl (C=O) groups excluding carboxylic acids is 1. The van der Waals surface area contributed by atoms with Crippen LogP contribution in [0.4, 0.5) is 0 Å². The molecule has 2 N–H and O–H groups in total. The molecule has 0 saturated carbocycles. The van der Waals surface area contributed by atoms with Crippen LogP contribution in [-0.2, 0) is 14.3 Å². The Bertz CT molecular complexity index is 355. The fourth-order valence-corrected chi connectivity index (χ4v) is 2.61. The van der Waals surface area contributed by atoms with Gasteiger partial charge in [-0.15, -0.1) is 0 Å². The number of likely N-dealkylation sites (tertiary alicyclic amines) is 1. The molecule has 6 heteroatoms. The van der Waals surface area contributed by atoms with E-state index in [0.717, 1.165) is 25.9 Å². The zero-order valence-corrected chi connectivity index (χ0v) is 11.4. The number of hydrogen-bond acceptors (Lipinski definition) is 4. The van der Waals surface area contributed by atoms with Gasteiger partial charge in [-0.2, -0.15) is 0 Å². The van der Waals surface area contributed by atoms with Gasteiger partial charge in [0, 0.05) is 32.6 Å². The summed E-state index contributed by atoms with van der Waals surface area (Å²) < 4.78 is 5.63. The number of amides is 1. The highest BCUT2D eigenvalue weighted by molar-refractivity contribution is 5.77. The van der Waals surface area contributed by atoms with Gasteiger partial charge in [0.1, 0.15) is 6.61 Å². The molecule has 0 bridgehead atoms. The minimum atomic E-state index is -0.788. The molecule has 2 heterocycles. The van der Waals surface area contributed by atoms with Gasteiger partial charge in [-0.1, -0.05) is 0 Å². The summed E-state index contributed by atoms with van der Waals surface area (Å²) in [5, 5.41) is 11.9. The molecule has 0 aliphatic carbocycles. The van der Waals surface area contributed by atoms with E-state index in [4.69, 9.17) is 9.84 Å². The van der Waals surface area contributed by atoms with Crippen molar-refractivity contribution in [2.45, 2.75) is 31.8 Å². The maximum atomic E-state index is 12.0. The Balaban J connectivity index is 1.76. The molecule has 0 spiro atoms. The molecule has 6 nitrogen and oxygen atoms in total. The van der Waals surface area contributed by atoms with Crippen LogP contribution in [0.5, 0.6) is 0 Å². The summed E-state index contributed by atoms with van der Waals surface area (Å²) in [5.74, 6) is -0.733. The summed E-state index contributed by atoms with van der Waals surface area (Å²) in [5.41, 5.74) is -0.216. The van der Waals surface area contributed by atoms with E-state index in [-0.39, 0.29) is 30.5 Å². The van der Waals surface area contributed by atoms with E-state index in [2.05, 4.69) is 5.32 Å². The van der Waals surface area contributed by atoms with Gasteiger partial charge < -0.3 is 20.1 Å². The van der Waals surface area contributed by atoms with Crippen LogP contribution >= 0.6 is 0 Å². The van der Waals surface area contributed by atoms with Gasteiger partial charge in [-0.25, -0.2) is 0 Å². The SMILES string of the molecule is CC1(OCC(=O)N2CCCC(CC(=O)O)C2)CNC1. The van der Waals surface area contributed by atoms with E-state index in [1.165, 1.54) is 0 Å². The Morgan fingerprint density at radius 2 is 2.21 bits per heavy atom. The Kier molecular flexibility index (Phi) is 4.42. The molecule has 0 aromatic carbocycles. The predicted molar refractivity (Wildman–Crippen MR) is 68.8 cm³/mol. The molecule has 108 valence electrons. The lowest BCUT2D eigenvalue weighted by molar-refractivity contribution is -0.149. The summed E-state index contributed by atoms with van der Waals surface area (Å²) >= 11 is 0. The lowest BCUT2D eigenvalue weighted by Crippen LogP contribution is -2.60. The predicted octanol–water partition coefficient (Wildman–Crippen LogP) is 0.0782. The van der Waals surface area contributed by atoms with Crippen LogP contribution < -0.4 is 5.32 Å². The van der Waals surface area contributed by atoms with Gasteiger partial charge >= 0.3 is 5.97 Å². The first-order valence-corrected chi connectivity index (χ1v) is 6.83. The summed E-state index contributed by atoms with van der Waals surface area (Å²) in [6.07, 6.45) is 1.91. The van der Waals surface area contributed by atoms with Crippen molar-refractivity contribution in [1.82, 2.24) is 10.2 Å². The van der Waals surface area contributed by atoms with Crippen molar-refractivity contribution in [2.24, 2.45) is 5.92 Å². The van der Waals surface area contributed by atoms with E-state index in [0.29, 0.717) is 13.1 Å². The second kappa shape index (κ2) is 5.88. The Morgan fingerprint density at radius 1 is 1.47 bits per heavy atom. The highest BCUT2D eigenvalue weighted by Crippen LogP contribution is 2.20. The molecule has 1 unspecified atom stereocenters. The second-order valence-electron chi connectivity index (χ2n) is 5.79. The fraction of sp³-hybridized carbons (Fsp3) is 0.846. The normalized spacial score (nSPS) is 25.7. The number of ether oxygens (including phenoxy) is 1. The molecule has 2 fully saturated rings. The van der Waals surface area contributed by atoms with Crippen LogP contribution in [0.1, 0.15) is 26.2 Å². The van der Waals surface area contributed by atoms with E-state index < -0.39 is 5.97 Å². The third-order valence-electron chi connectivity index (χ3n) is 3.88. The van der Waals surface area contributed by atoms with Crippen LogP contribution in [-0.4, -0.2) is 60.3 Å². The maximum absolute atomic E-state index is 12.0. The zero-order chi connectivity index (χ0) is 13.9. The van der Waals surface area contributed by atoms with Gasteiger partial charge in [0.05, 0.1) is 5.60 Å². The number of carboxylic acid groups (broad SMARTS) is 1. The van der Waals surface area contributed by atoms with Crippen molar-refractivity contribution in [3.63, 3.8) is 0 Å². The minimum absolute atomic E-state index is 0.0248. The van der Waals surface area contributed by atoms with Gasteiger partial charge in [-0.3, -0.25) is 9.59 Å². The summed E-state index contributed by atoms with van der Waals surface area (Å²) in [6.45, 7) is 4.90. The lowest BCUT2D eigenvalue weighted by atomic mass is 9.95. The zero-order valence-electron chi connectivity index (χ0n) is 11.4. The fourth-order valence-electron chi connectivity index (χ4n) is 2.61. The molecule has 0 radical (unpaired) electrons. The molecule has 19 heavy (non-hydrogen) atoms. The molecular weight excluding hydrogens is 248 g/mol. The number of aliphatic carboxylic acids is 1. The van der Waals surface area contributed by atoms with E-state index >= 15 is 0 Å². The monoisotopic (exact) mass is 270 g/mol. The standard InChI is InChI=1S/C13H22N2O4/c1-13(8-14-9-13)19-7-11(16)15-4-2-3-10(6-15)5-12(17)18/h10,14H,2-9H2,1H3,(H,17,18). The highest BCUT2D eigenvalue weighted by Gasteiger charge is 2.34. The average molecular weight is 270 g/mol. The lowest BCUT2D eigenvalue weighted by Gasteiger charge is -2.39. The first-order chi connectivity index (χ1) is 8.98. The van der Waals surface area contributed by atoms with Gasteiger partial charge in [-0.05, 0) is 25.7 Å². The average Bonchev–Trinajstić information content (AvgIpc) is 2.33. The first-order valence-electron chi connectivity index (χ1n) is 6.83. The van der Waals surface area contributed by atoms with Crippen LogP contribution in [0.15, 0.2) is 0 Å². The van der Waals surface area contributed by atoms with Crippen molar-refractivity contribution >= 4 is 11.9 Å². The van der Waals surface area contributed by atoms with Crippen molar-refractivity contribution in [1.29, 1.82) is 0 Å². The number of hydrogen-bond donors (Lipinski definition) is 2. The number of piperidine rings is 1. The Hall–Kier alpha value is -1.14. The molecule has 1 amide bonds. The van der Waals surface area contributed by atoms with Crippen molar-refractivity contribution in [3.8, 4) is 0 Å². The molecule has 2 aliphatic rings. The number of nitrogens with one attached hydrogen (secondary N) is 1. The maximum Gasteiger partial charge on any atom is 0.303 e.